The van der Waals surface area contributed by atoms with E-state index in [1.165, 1.54) is 45.3 Å². The number of carbonyl (C=O) groups excluding carboxylic acids is 1. The van der Waals surface area contributed by atoms with E-state index in [4.69, 9.17) is 9.47 Å². The average molecular weight is 434 g/mol. The van der Waals surface area contributed by atoms with E-state index in [1.54, 1.807) is 18.2 Å². The van der Waals surface area contributed by atoms with Crippen LogP contribution in [-0.2, 0) is 14.3 Å². The lowest BCUT2D eigenvalue weighted by atomic mass is 9.89. The fourth-order valence-electron chi connectivity index (χ4n) is 3.73. The first-order valence-corrected chi connectivity index (χ1v) is 10.9. The number of carbonyl (C=O) groups is 1. The lowest BCUT2D eigenvalue weighted by Gasteiger charge is -2.41. The zero-order chi connectivity index (χ0) is 22.5. The maximum absolute atomic E-state index is 12.1. The molecule has 7 nitrogen and oxygen atoms in total. The number of allylic oxidation sites excluding steroid dienone is 9. The molecule has 0 aromatic heterocycles. The van der Waals surface area contributed by atoms with Gasteiger partial charge in [0.1, 0.15) is 24.4 Å². The van der Waals surface area contributed by atoms with Gasteiger partial charge < -0.3 is 30.1 Å². The SMILES string of the molecule is COC1OC(CO)C(O)C(O)C1NC(=O)C=CC=CC=CC=CC=CC1CCCCC1. The standard InChI is InChI=1S/C24H35NO6/c1-30-24-21(23(29)22(28)19(17-26)31-24)25-20(27)16-12-7-5-3-2-4-6-9-13-18-14-10-8-11-15-18/h2-7,9,12-13,16,18-19,21-24,26,28-29H,8,10-11,14-15,17H2,1H3,(H,25,27). The summed E-state index contributed by atoms with van der Waals surface area (Å²) in [5, 5.41) is 31.9. The Labute approximate surface area is 184 Å². The van der Waals surface area contributed by atoms with Gasteiger partial charge in [-0.1, -0.05) is 73.9 Å². The van der Waals surface area contributed by atoms with Crippen molar-refractivity contribution in [3.05, 3.63) is 60.8 Å². The Balaban J connectivity index is 1.73. The Morgan fingerprint density at radius 2 is 1.58 bits per heavy atom. The van der Waals surface area contributed by atoms with Gasteiger partial charge in [0.15, 0.2) is 6.29 Å². The first kappa shape index (κ1) is 25.2. The van der Waals surface area contributed by atoms with Gasteiger partial charge in [0.25, 0.3) is 0 Å². The van der Waals surface area contributed by atoms with Crippen LogP contribution in [0.2, 0.25) is 0 Å². The highest BCUT2D eigenvalue weighted by Crippen LogP contribution is 2.24. The highest BCUT2D eigenvalue weighted by Gasteiger charge is 2.44. The Kier molecular flexibility index (Phi) is 11.5. The maximum atomic E-state index is 12.1. The Hall–Kier alpha value is -2.03. The van der Waals surface area contributed by atoms with Crippen molar-refractivity contribution in [2.24, 2.45) is 5.92 Å². The highest BCUT2D eigenvalue weighted by atomic mass is 16.7. The van der Waals surface area contributed by atoms with Gasteiger partial charge >= 0.3 is 0 Å². The number of amides is 1. The molecule has 1 saturated carbocycles. The van der Waals surface area contributed by atoms with Crippen molar-refractivity contribution in [3.63, 3.8) is 0 Å². The van der Waals surface area contributed by atoms with E-state index >= 15 is 0 Å². The lowest BCUT2D eigenvalue weighted by molar-refractivity contribution is -0.262. The first-order valence-electron chi connectivity index (χ1n) is 10.9. The zero-order valence-corrected chi connectivity index (χ0v) is 18.0. The molecular weight excluding hydrogens is 398 g/mol. The number of nitrogens with one attached hydrogen (secondary N) is 1. The maximum Gasteiger partial charge on any atom is 0.244 e. The van der Waals surface area contributed by atoms with E-state index in [1.807, 2.05) is 24.3 Å². The molecule has 0 spiro atoms. The fraction of sp³-hybridized carbons (Fsp3) is 0.542. The van der Waals surface area contributed by atoms with Crippen LogP contribution in [0.5, 0.6) is 0 Å². The molecule has 0 aromatic carbocycles. The molecule has 31 heavy (non-hydrogen) atoms. The zero-order valence-electron chi connectivity index (χ0n) is 18.0. The second-order valence-electron chi connectivity index (χ2n) is 7.77. The molecule has 0 radical (unpaired) electrons. The molecule has 1 amide bonds. The van der Waals surface area contributed by atoms with Crippen molar-refractivity contribution in [2.45, 2.75) is 62.7 Å². The minimum atomic E-state index is -1.33. The van der Waals surface area contributed by atoms with Crippen LogP contribution < -0.4 is 5.32 Å². The summed E-state index contributed by atoms with van der Waals surface area (Å²) in [6, 6.07) is -0.962. The van der Waals surface area contributed by atoms with Crippen LogP contribution in [-0.4, -0.2) is 65.6 Å². The van der Waals surface area contributed by atoms with Crippen molar-refractivity contribution in [1.82, 2.24) is 5.32 Å². The Bertz CT molecular complexity index is 676. The summed E-state index contributed by atoms with van der Waals surface area (Å²) in [7, 11) is 1.35. The van der Waals surface area contributed by atoms with Crippen LogP contribution >= 0.6 is 0 Å². The van der Waals surface area contributed by atoms with Crippen LogP contribution in [0, 0.1) is 5.92 Å². The quantitative estimate of drug-likeness (QED) is 0.327. The molecule has 0 aromatic rings. The van der Waals surface area contributed by atoms with E-state index in [2.05, 4.69) is 17.5 Å². The average Bonchev–Trinajstić information content (AvgIpc) is 2.79. The van der Waals surface area contributed by atoms with Crippen LogP contribution in [0.15, 0.2) is 60.8 Å². The smallest absolute Gasteiger partial charge is 0.244 e. The number of rotatable bonds is 9. The van der Waals surface area contributed by atoms with Gasteiger partial charge in [0, 0.05) is 13.2 Å². The highest BCUT2D eigenvalue weighted by molar-refractivity contribution is 5.88. The minimum absolute atomic E-state index is 0.467. The van der Waals surface area contributed by atoms with Crippen LogP contribution in [0.4, 0.5) is 0 Å². The molecule has 172 valence electrons. The molecule has 1 heterocycles. The monoisotopic (exact) mass is 433 g/mol. The predicted molar refractivity (Wildman–Crippen MR) is 119 cm³/mol. The van der Waals surface area contributed by atoms with Crippen LogP contribution in [0.3, 0.4) is 0 Å². The van der Waals surface area contributed by atoms with Crippen molar-refractivity contribution < 1.29 is 29.6 Å². The molecule has 2 fully saturated rings. The van der Waals surface area contributed by atoms with Crippen molar-refractivity contribution >= 4 is 5.91 Å². The second kappa shape index (κ2) is 14.1. The number of ether oxygens (including phenoxy) is 2. The van der Waals surface area contributed by atoms with E-state index in [-0.39, 0.29) is 0 Å². The summed E-state index contributed by atoms with van der Waals surface area (Å²) in [5.74, 6) is 0.254. The molecule has 2 aliphatic rings. The third-order valence-electron chi connectivity index (χ3n) is 5.48. The van der Waals surface area contributed by atoms with E-state index < -0.39 is 43.2 Å². The van der Waals surface area contributed by atoms with Crippen molar-refractivity contribution in [2.75, 3.05) is 13.7 Å². The molecule has 0 bridgehead atoms. The van der Waals surface area contributed by atoms with Crippen LogP contribution in [0.25, 0.3) is 0 Å². The number of aliphatic hydroxyl groups is 3. The van der Waals surface area contributed by atoms with Gasteiger partial charge in [-0.2, -0.15) is 0 Å². The van der Waals surface area contributed by atoms with Crippen LogP contribution in [0.1, 0.15) is 32.1 Å². The Morgan fingerprint density at radius 3 is 2.19 bits per heavy atom. The predicted octanol–water partition coefficient (Wildman–Crippen LogP) is 1.92. The molecule has 5 unspecified atom stereocenters. The van der Waals surface area contributed by atoms with E-state index in [9.17, 15) is 20.1 Å². The second-order valence-corrected chi connectivity index (χ2v) is 7.77. The first-order chi connectivity index (χ1) is 15.1. The van der Waals surface area contributed by atoms with Gasteiger partial charge in [-0.15, -0.1) is 0 Å². The topological polar surface area (TPSA) is 108 Å². The molecular formula is C24H35NO6. The number of hydrogen-bond acceptors (Lipinski definition) is 6. The van der Waals surface area contributed by atoms with Gasteiger partial charge in [0.2, 0.25) is 5.91 Å². The summed E-state index contributed by atoms with van der Waals surface area (Å²) < 4.78 is 10.5. The molecule has 1 aliphatic carbocycles. The molecule has 1 saturated heterocycles. The lowest BCUT2D eigenvalue weighted by Crippen LogP contribution is -2.64. The number of methoxy groups -OCH3 is 1. The van der Waals surface area contributed by atoms with Gasteiger partial charge in [-0.25, -0.2) is 0 Å². The molecule has 1 aliphatic heterocycles. The fourth-order valence-corrected chi connectivity index (χ4v) is 3.73. The van der Waals surface area contributed by atoms with E-state index in [0.29, 0.717) is 0 Å². The summed E-state index contributed by atoms with van der Waals surface area (Å²) in [5.41, 5.74) is 0. The summed E-state index contributed by atoms with van der Waals surface area (Å²) in [4.78, 5) is 12.1. The molecule has 5 atom stereocenters. The molecule has 4 N–H and O–H groups in total. The van der Waals surface area contributed by atoms with Gasteiger partial charge in [0.05, 0.1) is 6.61 Å². The van der Waals surface area contributed by atoms with Gasteiger partial charge in [-0.05, 0) is 18.8 Å². The summed E-state index contributed by atoms with van der Waals surface area (Å²) >= 11 is 0. The van der Waals surface area contributed by atoms with E-state index in [0.717, 1.165) is 5.92 Å². The summed E-state index contributed by atoms with van der Waals surface area (Å²) in [6.07, 6.45) is 20.5. The number of hydrogen-bond donors (Lipinski definition) is 4. The summed E-state index contributed by atoms with van der Waals surface area (Å²) in [6.45, 7) is -0.469. The Morgan fingerprint density at radius 1 is 0.968 bits per heavy atom. The largest absolute Gasteiger partial charge is 0.394 e. The normalized spacial score (nSPS) is 31.0. The minimum Gasteiger partial charge on any atom is -0.394 e. The van der Waals surface area contributed by atoms with Crippen molar-refractivity contribution in [1.29, 1.82) is 0 Å². The number of aliphatic hydroxyl groups excluding tert-OH is 3. The third kappa shape index (κ3) is 8.55. The molecule has 7 heteroatoms. The van der Waals surface area contributed by atoms with Crippen molar-refractivity contribution in [3.8, 4) is 0 Å². The van der Waals surface area contributed by atoms with Gasteiger partial charge in [-0.3, -0.25) is 4.79 Å². The molecule has 2 rings (SSSR count). The third-order valence-corrected chi connectivity index (χ3v) is 5.48.